The first kappa shape index (κ1) is 14.4. The van der Waals surface area contributed by atoms with E-state index in [1.807, 2.05) is 20.0 Å². The molecule has 2 N–H and O–H groups in total. The Balaban J connectivity index is 2.27. The van der Waals surface area contributed by atoms with Crippen LogP contribution in [0, 0.1) is 5.92 Å². The lowest BCUT2D eigenvalue weighted by Gasteiger charge is -2.18. The fourth-order valence-electron chi connectivity index (χ4n) is 2.21. The van der Waals surface area contributed by atoms with Crippen LogP contribution in [0.3, 0.4) is 0 Å². The molecule has 0 saturated heterocycles. The molecule has 19 heavy (non-hydrogen) atoms. The number of carbonyl (C=O) groups is 1. The Morgan fingerprint density at radius 3 is 2.47 bits per heavy atom. The van der Waals surface area contributed by atoms with Gasteiger partial charge in [-0.05, 0) is 24.7 Å². The highest BCUT2D eigenvalue weighted by Crippen LogP contribution is 2.42. The van der Waals surface area contributed by atoms with Crippen molar-refractivity contribution < 1.29 is 4.79 Å². The van der Waals surface area contributed by atoms with Crippen molar-refractivity contribution in [1.82, 2.24) is 9.55 Å². The highest BCUT2D eigenvalue weighted by molar-refractivity contribution is 8.00. The van der Waals surface area contributed by atoms with Crippen LogP contribution in [-0.4, -0.2) is 20.7 Å². The largest absolute Gasteiger partial charge is 0.369 e. The molecule has 0 unspecified atom stereocenters. The number of nitrogens with zero attached hydrogens (tertiary/aromatic N) is 2. The number of primary amides is 1. The zero-order chi connectivity index (χ0) is 14.2. The maximum atomic E-state index is 11.5. The van der Waals surface area contributed by atoms with Crippen molar-refractivity contribution in [3.63, 3.8) is 0 Å². The SMILES string of the molecule is CC(C)c1cnc(S[C@H](C(N)=O)C(C)C)n1C1CC1. The molecular weight excluding hydrogens is 258 g/mol. The fraction of sp³-hybridized carbons (Fsp3) is 0.714. The molecule has 1 atom stereocenters. The van der Waals surface area contributed by atoms with Gasteiger partial charge in [-0.3, -0.25) is 4.79 Å². The Morgan fingerprint density at radius 1 is 1.42 bits per heavy atom. The van der Waals surface area contributed by atoms with Crippen molar-refractivity contribution in [1.29, 1.82) is 0 Å². The summed E-state index contributed by atoms with van der Waals surface area (Å²) in [7, 11) is 0. The van der Waals surface area contributed by atoms with E-state index in [0.717, 1.165) is 5.16 Å². The molecule has 1 saturated carbocycles. The number of thioether (sulfide) groups is 1. The van der Waals surface area contributed by atoms with Crippen LogP contribution in [0.25, 0.3) is 0 Å². The number of hydrogen-bond acceptors (Lipinski definition) is 3. The first-order chi connectivity index (χ1) is 8.91. The van der Waals surface area contributed by atoms with Crippen molar-refractivity contribution >= 4 is 17.7 Å². The molecule has 1 heterocycles. The van der Waals surface area contributed by atoms with Crippen molar-refractivity contribution in [2.75, 3.05) is 0 Å². The zero-order valence-corrected chi connectivity index (χ0v) is 12.9. The van der Waals surface area contributed by atoms with Gasteiger partial charge in [-0.25, -0.2) is 4.98 Å². The second-order valence-electron chi connectivity index (χ2n) is 5.91. The smallest absolute Gasteiger partial charge is 0.231 e. The van der Waals surface area contributed by atoms with Crippen molar-refractivity contribution in [2.24, 2.45) is 11.7 Å². The summed E-state index contributed by atoms with van der Waals surface area (Å²) in [6.45, 7) is 8.41. The minimum absolute atomic E-state index is 0.208. The van der Waals surface area contributed by atoms with Crippen LogP contribution in [0.5, 0.6) is 0 Å². The van der Waals surface area contributed by atoms with Crippen LogP contribution < -0.4 is 5.73 Å². The van der Waals surface area contributed by atoms with E-state index in [4.69, 9.17) is 5.73 Å². The molecule has 4 nitrogen and oxygen atoms in total. The summed E-state index contributed by atoms with van der Waals surface area (Å²) in [5.74, 6) is 0.416. The number of nitrogens with two attached hydrogens (primary N) is 1. The van der Waals surface area contributed by atoms with E-state index in [1.54, 1.807) is 0 Å². The molecule has 2 rings (SSSR count). The number of imidazole rings is 1. The minimum atomic E-state index is -0.253. The quantitative estimate of drug-likeness (QED) is 0.815. The molecule has 0 spiro atoms. The van der Waals surface area contributed by atoms with E-state index >= 15 is 0 Å². The molecule has 1 aliphatic carbocycles. The number of hydrogen-bond donors (Lipinski definition) is 1. The van der Waals surface area contributed by atoms with E-state index in [2.05, 4.69) is 23.4 Å². The number of rotatable bonds is 6. The zero-order valence-electron chi connectivity index (χ0n) is 12.1. The maximum absolute atomic E-state index is 11.5. The van der Waals surface area contributed by atoms with Crippen LogP contribution in [0.15, 0.2) is 11.4 Å². The molecule has 1 aromatic rings. The van der Waals surface area contributed by atoms with Gasteiger partial charge in [0, 0.05) is 17.9 Å². The van der Waals surface area contributed by atoms with Crippen molar-refractivity contribution in [3.05, 3.63) is 11.9 Å². The number of carbonyl (C=O) groups excluding carboxylic acids is 1. The van der Waals surface area contributed by atoms with Gasteiger partial charge in [0.05, 0.1) is 5.25 Å². The molecule has 0 bridgehead atoms. The van der Waals surface area contributed by atoms with Gasteiger partial charge in [0.25, 0.3) is 0 Å². The third-order valence-electron chi connectivity index (χ3n) is 3.41. The molecule has 0 aromatic carbocycles. The van der Waals surface area contributed by atoms with Gasteiger partial charge >= 0.3 is 0 Å². The van der Waals surface area contributed by atoms with Gasteiger partial charge in [0.2, 0.25) is 5.91 Å². The first-order valence-corrected chi connectivity index (χ1v) is 7.82. The Hall–Kier alpha value is -0.970. The second kappa shape index (κ2) is 5.57. The number of amides is 1. The molecule has 0 aliphatic heterocycles. The lowest BCUT2D eigenvalue weighted by Crippen LogP contribution is -2.30. The van der Waals surface area contributed by atoms with E-state index < -0.39 is 0 Å². The molecule has 1 amide bonds. The van der Waals surface area contributed by atoms with Crippen molar-refractivity contribution in [2.45, 2.75) is 62.9 Å². The van der Waals surface area contributed by atoms with Gasteiger partial charge in [-0.1, -0.05) is 39.5 Å². The summed E-state index contributed by atoms with van der Waals surface area (Å²) < 4.78 is 2.31. The van der Waals surface area contributed by atoms with Gasteiger partial charge in [-0.2, -0.15) is 0 Å². The van der Waals surface area contributed by atoms with E-state index in [9.17, 15) is 4.79 Å². The second-order valence-corrected chi connectivity index (χ2v) is 7.02. The standard InChI is InChI=1S/C14H23N3OS/c1-8(2)11-7-16-14(17(11)10-5-6-10)19-12(9(3)4)13(15)18/h7-10,12H,5-6H2,1-4H3,(H2,15,18)/t12-/m0/s1. The summed E-state index contributed by atoms with van der Waals surface area (Å²) >= 11 is 1.52. The summed E-state index contributed by atoms with van der Waals surface area (Å²) in [5, 5.41) is 0.739. The van der Waals surface area contributed by atoms with Crippen LogP contribution in [0.1, 0.15) is 58.2 Å². The first-order valence-electron chi connectivity index (χ1n) is 6.95. The van der Waals surface area contributed by atoms with Gasteiger partial charge in [0.1, 0.15) is 0 Å². The lowest BCUT2D eigenvalue weighted by molar-refractivity contribution is -0.118. The Morgan fingerprint density at radius 2 is 2.05 bits per heavy atom. The van der Waals surface area contributed by atoms with E-state index in [0.29, 0.717) is 12.0 Å². The van der Waals surface area contributed by atoms with Crippen LogP contribution in [-0.2, 0) is 4.79 Å². The van der Waals surface area contributed by atoms with Crippen LogP contribution >= 0.6 is 11.8 Å². The highest BCUT2D eigenvalue weighted by atomic mass is 32.2. The molecule has 106 valence electrons. The number of aromatic nitrogens is 2. The molecular formula is C14H23N3OS. The molecule has 0 radical (unpaired) electrons. The Labute approximate surface area is 119 Å². The minimum Gasteiger partial charge on any atom is -0.369 e. The van der Waals surface area contributed by atoms with E-state index in [1.165, 1.54) is 30.3 Å². The predicted octanol–water partition coefficient (Wildman–Crippen LogP) is 2.94. The molecule has 5 heteroatoms. The average molecular weight is 281 g/mol. The monoisotopic (exact) mass is 281 g/mol. The maximum Gasteiger partial charge on any atom is 0.231 e. The van der Waals surface area contributed by atoms with Gasteiger partial charge in [0.15, 0.2) is 5.16 Å². The topological polar surface area (TPSA) is 60.9 Å². The predicted molar refractivity (Wildman–Crippen MR) is 78.3 cm³/mol. The summed E-state index contributed by atoms with van der Waals surface area (Å²) in [6.07, 6.45) is 4.38. The molecule has 1 fully saturated rings. The van der Waals surface area contributed by atoms with E-state index in [-0.39, 0.29) is 17.1 Å². The van der Waals surface area contributed by atoms with Gasteiger partial charge < -0.3 is 10.3 Å². The normalized spacial score (nSPS) is 17.2. The Kier molecular flexibility index (Phi) is 4.23. The lowest BCUT2D eigenvalue weighted by atomic mass is 10.1. The van der Waals surface area contributed by atoms with Crippen molar-refractivity contribution in [3.8, 4) is 0 Å². The summed E-state index contributed by atoms with van der Waals surface area (Å²) in [4.78, 5) is 16.1. The third kappa shape index (κ3) is 3.14. The summed E-state index contributed by atoms with van der Waals surface area (Å²) in [6, 6.07) is 0.572. The average Bonchev–Trinajstić information content (AvgIpc) is 3.05. The van der Waals surface area contributed by atoms with Crippen LogP contribution in [0.4, 0.5) is 0 Å². The molecule has 1 aliphatic rings. The molecule has 1 aromatic heterocycles. The van der Waals surface area contributed by atoms with Gasteiger partial charge in [-0.15, -0.1) is 0 Å². The highest BCUT2D eigenvalue weighted by Gasteiger charge is 2.31. The van der Waals surface area contributed by atoms with Crippen LogP contribution in [0.2, 0.25) is 0 Å². The third-order valence-corrected chi connectivity index (χ3v) is 4.96. The summed E-state index contributed by atoms with van der Waals surface area (Å²) in [5.41, 5.74) is 6.76. The fourth-order valence-corrected chi connectivity index (χ4v) is 3.30. The Bertz CT molecular complexity index is 463.